The average molecular weight is 237 g/mol. The summed E-state index contributed by atoms with van der Waals surface area (Å²) in [6.45, 7) is 4.82. The number of nitrogens with one attached hydrogen (secondary N) is 1. The third-order valence-corrected chi connectivity index (χ3v) is 2.69. The molecular formula is C15H15N3. The highest BCUT2D eigenvalue weighted by molar-refractivity contribution is 5.93. The van der Waals surface area contributed by atoms with E-state index in [9.17, 15) is 0 Å². The molecule has 3 nitrogen and oxygen atoms in total. The summed E-state index contributed by atoms with van der Waals surface area (Å²) in [5.74, 6) is 0. The number of hydrogen-bond acceptors (Lipinski definition) is 3. The van der Waals surface area contributed by atoms with Gasteiger partial charge in [0.05, 0.1) is 16.8 Å². The molecule has 0 radical (unpaired) electrons. The number of nitrogens with zero attached hydrogens (tertiary/aromatic N) is 2. The molecule has 0 unspecified atom stereocenters. The van der Waals surface area contributed by atoms with Gasteiger partial charge in [-0.3, -0.25) is 4.98 Å². The third-order valence-electron chi connectivity index (χ3n) is 2.69. The zero-order chi connectivity index (χ0) is 13.0. The number of fused-ring (bicyclic) bond motifs is 1. The van der Waals surface area contributed by atoms with Crippen molar-refractivity contribution < 1.29 is 0 Å². The van der Waals surface area contributed by atoms with Crippen molar-refractivity contribution in [2.75, 3.05) is 11.9 Å². The fourth-order valence-electron chi connectivity index (χ4n) is 1.77. The summed E-state index contributed by atoms with van der Waals surface area (Å²) in [4.78, 5) is 4.28. The molecule has 0 atom stereocenters. The lowest BCUT2D eigenvalue weighted by molar-refractivity contribution is 1.25. The lowest BCUT2D eigenvalue weighted by Gasteiger charge is -2.09. The molecule has 0 fully saturated rings. The van der Waals surface area contributed by atoms with Crippen molar-refractivity contribution in [2.45, 2.75) is 13.8 Å². The van der Waals surface area contributed by atoms with Gasteiger partial charge in [0.15, 0.2) is 0 Å². The first kappa shape index (κ1) is 12.1. The highest BCUT2D eigenvalue weighted by atomic mass is 14.9. The highest BCUT2D eigenvalue weighted by Crippen LogP contribution is 2.25. The minimum Gasteiger partial charge on any atom is -0.380 e. The fraction of sp³-hybridized carbons (Fsp3) is 0.200. The van der Waals surface area contributed by atoms with Gasteiger partial charge in [0.2, 0.25) is 0 Å². The molecule has 0 aliphatic rings. The van der Waals surface area contributed by atoms with E-state index in [-0.39, 0.29) is 0 Å². The van der Waals surface area contributed by atoms with Crippen molar-refractivity contribution in [3.63, 3.8) is 0 Å². The fourth-order valence-corrected chi connectivity index (χ4v) is 1.77. The number of rotatable bonds is 3. The van der Waals surface area contributed by atoms with E-state index in [2.05, 4.69) is 36.3 Å². The van der Waals surface area contributed by atoms with Crippen LogP contribution in [0.4, 0.5) is 5.69 Å². The van der Waals surface area contributed by atoms with E-state index in [1.807, 2.05) is 24.3 Å². The minimum absolute atomic E-state index is 0.579. The van der Waals surface area contributed by atoms with Crippen molar-refractivity contribution in [3.05, 3.63) is 47.7 Å². The maximum absolute atomic E-state index is 9.14. The predicted octanol–water partition coefficient (Wildman–Crippen LogP) is 3.48. The van der Waals surface area contributed by atoms with Gasteiger partial charge in [-0.1, -0.05) is 29.8 Å². The van der Waals surface area contributed by atoms with E-state index in [1.165, 1.54) is 5.57 Å². The number of para-hydroxylation sites is 1. The zero-order valence-electron chi connectivity index (χ0n) is 10.6. The molecule has 1 N–H and O–H groups in total. The van der Waals surface area contributed by atoms with Gasteiger partial charge in [-0.25, -0.2) is 0 Å². The maximum atomic E-state index is 9.14. The maximum Gasteiger partial charge on any atom is 0.103 e. The van der Waals surface area contributed by atoms with Gasteiger partial charge in [-0.15, -0.1) is 0 Å². The molecule has 2 aromatic rings. The average Bonchev–Trinajstić information content (AvgIpc) is 2.38. The van der Waals surface area contributed by atoms with Gasteiger partial charge >= 0.3 is 0 Å². The number of allylic oxidation sites excluding steroid dienone is 1. The van der Waals surface area contributed by atoms with Gasteiger partial charge in [-0.2, -0.15) is 5.26 Å². The quantitative estimate of drug-likeness (QED) is 0.831. The van der Waals surface area contributed by atoms with Crippen molar-refractivity contribution in [1.82, 2.24) is 4.98 Å². The van der Waals surface area contributed by atoms with Gasteiger partial charge in [0.1, 0.15) is 6.07 Å². The molecule has 0 spiro atoms. The van der Waals surface area contributed by atoms with Crippen molar-refractivity contribution in [2.24, 2.45) is 0 Å². The summed E-state index contributed by atoms with van der Waals surface area (Å²) in [6.07, 6.45) is 3.71. The summed E-state index contributed by atoms with van der Waals surface area (Å²) < 4.78 is 0. The van der Waals surface area contributed by atoms with Crippen molar-refractivity contribution in [1.29, 1.82) is 5.26 Å². The summed E-state index contributed by atoms with van der Waals surface area (Å²) in [5, 5.41) is 13.4. The lowest BCUT2D eigenvalue weighted by Crippen LogP contribution is -2.02. The van der Waals surface area contributed by atoms with Gasteiger partial charge < -0.3 is 5.32 Å². The summed E-state index contributed by atoms with van der Waals surface area (Å²) in [5.41, 5.74) is 3.59. The number of pyridine rings is 1. The molecule has 0 aliphatic heterocycles. The van der Waals surface area contributed by atoms with Gasteiger partial charge in [0.25, 0.3) is 0 Å². The SMILES string of the molecule is CC(C)=CCNc1c(C#N)cnc2ccccc12. The molecule has 2 rings (SSSR count). The van der Waals surface area contributed by atoms with Crippen LogP contribution in [0.1, 0.15) is 19.4 Å². The summed E-state index contributed by atoms with van der Waals surface area (Å²) >= 11 is 0. The van der Waals surface area contributed by atoms with Crippen LogP contribution >= 0.6 is 0 Å². The Hall–Kier alpha value is -2.34. The van der Waals surface area contributed by atoms with E-state index in [0.29, 0.717) is 12.1 Å². The van der Waals surface area contributed by atoms with Crippen LogP contribution in [0.2, 0.25) is 0 Å². The standard InChI is InChI=1S/C15H15N3/c1-11(2)7-8-17-15-12(9-16)10-18-14-6-4-3-5-13(14)15/h3-7,10H,8H2,1-2H3,(H,17,18). The number of anilines is 1. The smallest absolute Gasteiger partial charge is 0.103 e. The van der Waals surface area contributed by atoms with E-state index in [4.69, 9.17) is 5.26 Å². The molecule has 18 heavy (non-hydrogen) atoms. The van der Waals surface area contributed by atoms with Gasteiger partial charge in [0, 0.05) is 18.1 Å². The van der Waals surface area contributed by atoms with Crippen LogP contribution in [0.3, 0.4) is 0 Å². The Kier molecular flexibility index (Phi) is 3.59. The zero-order valence-corrected chi connectivity index (χ0v) is 10.6. The largest absolute Gasteiger partial charge is 0.380 e. The first-order valence-corrected chi connectivity index (χ1v) is 5.87. The van der Waals surface area contributed by atoms with Crippen LogP contribution in [0.5, 0.6) is 0 Å². The monoisotopic (exact) mass is 237 g/mol. The molecule has 0 bridgehead atoms. The second kappa shape index (κ2) is 5.33. The molecule has 0 aliphatic carbocycles. The molecule has 0 saturated carbocycles. The second-order valence-corrected chi connectivity index (χ2v) is 4.34. The van der Waals surface area contributed by atoms with E-state index in [1.54, 1.807) is 6.20 Å². The molecular weight excluding hydrogens is 222 g/mol. The van der Waals surface area contributed by atoms with E-state index >= 15 is 0 Å². The number of aromatic nitrogens is 1. The van der Waals surface area contributed by atoms with Crippen LogP contribution in [0, 0.1) is 11.3 Å². The van der Waals surface area contributed by atoms with Gasteiger partial charge in [-0.05, 0) is 19.9 Å². The number of benzene rings is 1. The predicted molar refractivity (Wildman–Crippen MR) is 74.4 cm³/mol. The van der Waals surface area contributed by atoms with E-state index < -0.39 is 0 Å². The Morgan fingerprint density at radius 2 is 2.17 bits per heavy atom. The Morgan fingerprint density at radius 1 is 1.39 bits per heavy atom. The molecule has 3 heteroatoms. The minimum atomic E-state index is 0.579. The van der Waals surface area contributed by atoms with Crippen LogP contribution in [-0.2, 0) is 0 Å². The second-order valence-electron chi connectivity index (χ2n) is 4.34. The lowest BCUT2D eigenvalue weighted by atomic mass is 10.1. The third kappa shape index (κ3) is 2.49. The first-order valence-electron chi connectivity index (χ1n) is 5.87. The van der Waals surface area contributed by atoms with Crippen LogP contribution in [0.25, 0.3) is 10.9 Å². The molecule has 0 saturated heterocycles. The number of nitriles is 1. The molecule has 1 aromatic heterocycles. The van der Waals surface area contributed by atoms with Crippen molar-refractivity contribution in [3.8, 4) is 6.07 Å². The van der Waals surface area contributed by atoms with Crippen LogP contribution in [-0.4, -0.2) is 11.5 Å². The summed E-state index contributed by atoms with van der Waals surface area (Å²) in [6, 6.07) is 10.0. The molecule has 90 valence electrons. The molecule has 0 amide bonds. The molecule has 1 aromatic carbocycles. The normalized spacial score (nSPS) is 9.83. The summed E-state index contributed by atoms with van der Waals surface area (Å²) in [7, 11) is 0. The topological polar surface area (TPSA) is 48.7 Å². The highest BCUT2D eigenvalue weighted by Gasteiger charge is 2.06. The Bertz CT molecular complexity index is 632. The van der Waals surface area contributed by atoms with E-state index in [0.717, 1.165) is 16.6 Å². The Labute approximate surface area is 107 Å². The first-order chi connectivity index (χ1) is 8.72. The molecule has 1 heterocycles. The van der Waals surface area contributed by atoms with Crippen LogP contribution in [0.15, 0.2) is 42.1 Å². The van der Waals surface area contributed by atoms with Crippen molar-refractivity contribution >= 4 is 16.6 Å². The number of hydrogen-bond donors (Lipinski definition) is 1. The Balaban J connectivity index is 2.45. The van der Waals surface area contributed by atoms with Crippen LogP contribution < -0.4 is 5.32 Å². The Morgan fingerprint density at radius 3 is 2.89 bits per heavy atom.